The average Bonchev–Trinajstić information content (AvgIpc) is 3.26. The summed E-state index contributed by atoms with van der Waals surface area (Å²) in [6.45, 7) is 5.49. The molecule has 0 saturated carbocycles. The van der Waals surface area contributed by atoms with Crippen LogP contribution in [0.2, 0.25) is 5.02 Å². The normalized spacial score (nSPS) is 19.2. The average molecular weight is 464 g/mol. The van der Waals surface area contributed by atoms with E-state index in [0.717, 1.165) is 0 Å². The molecule has 0 radical (unpaired) electrons. The van der Waals surface area contributed by atoms with E-state index in [1.807, 2.05) is 6.92 Å². The Morgan fingerprint density at radius 1 is 1.44 bits per heavy atom. The van der Waals surface area contributed by atoms with Gasteiger partial charge in [0.2, 0.25) is 5.76 Å². The van der Waals surface area contributed by atoms with Crippen LogP contribution >= 0.6 is 11.6 Å². The highest BCUT2D eigenvalue weighted by molar-refractivity contribution is 6.30. The lowest BCUT2D eigenvalue weighted by Crippen LogP contribution is -2.46. The Balaban J connectivity index is 1.50. The minimum Gasteiger partial charge on any atom is -0.480 e. The van der Waals surface area contributed by atoms with Crippen LogP contribution in [0.3, 0.4) is 0 Å². The van der Waals surface area contributed by atoms with E-state index in [-0.39, 0.29) is 25.1 Å². The number of amides is 2. The summed E-state index contributed by atoms with van der Waals surface area (Å²) >= 11 is 5.95. The van der Waals surface area contributed by atoms with Crippen molar-refractivity contribution in [1.82, 2.24) is 15.6 Å². The molecular formula is C22H26ClN3O6. The number of aromatic nitrogens is 1. The zero-order chi connectivity index (χ0) is 23.3. The summed E-state index contributed by atoms with van der Waals surface area (Å²) in [5, 5.41) is 26.4. The number of hydrogen-bond donors (Lipinski definition) is 4. The quantitative estimate of drug-likeness (QED) is 0.417. The van der Waals surface area contributed by atoms with Crippen molar-refractivity contribution in [3.63, 3.8) is 0 Å². The highest BCUT2D eigenvalue weighted by atomic mass is 35.5. The van der Waals surface area contributed by atoms with Gasteiger partial charge in [0.05, 0.1) is 18.4 Å². The van der Waals surface area contributed by atoms with Gasteiger partial charge >= 0.3 is 0 Å². The van der Waals surface area contributed by atoms with Crippen LogP contribution in [-0.2, 0) is 11.2 Å². The van der Waals surface area contributed by atoms with Gasteiger partial charge in [0.15, 0.2) is 12.0 Å². The van der Waals surface area contributed by atoms with Gasteiger partial charge in [-0.2, -0.15) is 0 Å². The zero-order valence-corrected chi connectivity index (χ0v) is 18.3. The zero-order valence-electron chi connectivity index (χ0n) is 17.6. The maximum absolute atomic E-state index is 12.7. The number of ether oxygens (including phenoxy) is 1. The monoisotopic (exact) mass is 463 g/mol. The fraction of sp³-hybridized carbons (Fsp3) is 0.409. The molecule has 0 bridgehead atoms. The lowest BCUT2D eigenvalue weighted by molar-refractivity contribution is -0.131. The van der Waals surface area contributed by atoms with Crippen LogP contribution in [0.25, 0.3) is 0 Å². The molecule has 1 aliphatic heterocycles. The van der Waals surface area contributed by atoms with Gasteiger partial charge in [-0.3, -0.25) is 9.59 Å². The van der Waals surface area contributed by atoms with E-state index in [0.29, 0.717) is 28.6 Å². The van der Waals surface area contributed by atoms with Crippen molar-refractivity contribution in [1.29, 1.82) is 0 Å². The molecule has 32 heavy (non-hydrogen) atoms. The number of aliphatic hydroxyl groups excluding tert-OH is 2. The lowest BCUT2D eigenvalue weighted by Gasteiger charge is -2.30. The molecule has 9 nitrogen and oxygen atoms in total. The number of nitrogens with one attached hydrogen (secondary N) is 2. The second-order valence-electron chi connectivity index (χ2n) is 7.46. The molecule has 2 aromatic rings. The van der Waals surface area contributed by atoms with E-state index in [2.05, 4.69) is 22.2 Å². The number of oxazole rings is 1. The Labute approximate surface area is 190 Å². The minimum absolute atomic E-state index is 0.0476. The number of carbonyl (C=O) groups is 2. The Morgan fingerprint density at radius 3 is 2.91 bits per heavy atom. The molecule has 1 aromatic heterocycles. The fourth-order valence-electron chi connectivity index (χ4n) is 3.32. The van der Waals surface area contributed by atoms with Gasteiger partial charge in [0, 0.05) is 36.0 Å². The molecule has 0 aliphatic carbocycles. The largest absolute Gasteiger partial charge is 0.480 e. The molecule has 1 unspecified atom stereocenters. The minimum atomic E-state index is -0.948. The molecule has 1 aromatic carbocycles. The number of carbonyl (C=O) groups excluding carboxylic acids is 2. The van der Waals surface area contributed by atoms with Crippen LogP contribution in [0, 0.1) is 0 Å². The van der Waals surface area contributed by atoms with Crippen molar-refractivity contribution < 1.29 is 29.0 Å². The first-order chi connectivity index (χ1) is 15.3. The van der Waals surface area contributed by atoms with Crippen molar-refractivity contribution in [3.05, 3.63) is 59.3 Å². The van der Waals surface area contributed by atoms with E-state index in [1.54, 1.807) is 18.2 Å². The Hall–Kier alpha value is -2.88. The van der Waals surface area contributed by atoms with Gasteiger partial charge in [0.25, 0.3) is 11.8 Å². The molecule has 172 valence electrons. The second-order valence-corrected chi connectivity index (χ2v) is 7.90. The Bertz CT molecular complexity index is 978. The van der Waals surface area contributed by atoms with Crippen molar-refractivity contribution in [2.75, 3.05) is 6.54 Å². The highest BCUT2D eigenvalue weighted by Crippen LogP contribution is 2.36. The second kappa shape index (κ2) is 10.6. The summed E-state index contributed by atoms with van der Waals surface area (Å²) in [5.74, 6) is -0.0220. The molecule has 1 aliphatic rings. The molecule has 4 atom stereocenters. The predicted molar refractivity (Wildman–Crippen MR) is 116 cm³/mol. The molecule has 0 saturated heterocycles. The maximum atomic E-state index is 12.7. The van der Waals surface area contributed by atoms with Crippen LogP contribution in [0.1, 0.15) is 47.9 Å². The van der Waals surface area contributed by atoms with Crippen LogP contribution in [0.5, 0.6) is 5.75 Å². The van der Waals surface area contributed by atoms with Gasteiger partial charge in [0.1, 0.15) is 5.75 Å². The summed E-state index contributed by atoms with van der Waals surface area (Å²) in [6, 6.07) is 4.26. The van der Waals surface area contributed by atoms with Crippen molar-refractivity contribution in [2.24, 2.45) is 0 Å². The summed E-state index contributed by atoms with van der Waals surface area (Å²) < 4.78 is 11.0. The summed E-state index contributed by atoms with van der Waals surface area (Å²) in [4.78, 5) is 28.7. The third-order valence-corrected chi connectivity index (χ3v) is 5.28. The lowest BCUT2D eigenvalue weighted by atomic mass is 9.98. The van der Waals surface area contributed by atoms with E-state index < -0.39 is 36.2 Å². The third kappa shape index (κ3) is 5.87. The first kappa shape index (κ1) is 23.8. The van der Waals surface area contributed by atoms with Crippen LogP contribution in [0.15, 0.2) is 41.5 Å². The first-order valence-electron chi connectivity index (χ1n) is 10.3. The standard InChI is InChI=1S/C22H26ClN3O6/c1-3-13(8-14(27)10-25-21(29)19-11-24-20(4-2)32-19)26-22(30)18-9-16(28)15-7-12(23)5-6-17(15)31-18/h3,5-7,11,13-14,16,18,27-28H,1,4,8-10H2,2H3,(H,25,29)(H,26,30)/t13?,14-,16+,18+/m0/s1. The number of rotatable bonds is 9. The predicted octanol–water partition coefficient (Wildman–Crippen LogP) is 1.93. The fourth-order valence-corrected chi connectivity index (χ4v) is 3.50. The smallest absolute Gasteiger partial charge is 0.288 e. The number of halogens is 1. The molecule has 3 rings (SSSR count). The highest BCUT2D eigenvalue weighted by Gasteiger charge is 2.32. The topological polar surface area (TPSA) is 134 Å². The summed E-state index contributed by atoms with van der Waals surface area (Å²) in [6.07, 6.45) is 0.830. The van der Waals surface area contributed by atoms with Crippen LogP contribution in [-0.4, -0.2) is 51.8 Å². The molecule has 2 amide bonds. The molecule has 4 N–H and O–H groups in total. The first-order valence-corrected chi connectivity index (χ1v) is 10.7. The van der Waals surface area contributed by atoms with E-state index >= 15 is 0 Å². The number of aryl methyl sites for hydroxylation is 1. The Kier molecular flexibility index (Phi) is 7.89. The van der Waals surface area contributed by atoms with E-state index in [1.165, 1.54) is 12.3 Å². The van der Waals surface area contributed by atoms with Gasteiger partial charge in [-0.15, -0.1) is 6.58 Å². The van der Waals surface area contributed by atoms with Gasteiger partial charge in [-0.25, -0.2) is 4.98 Å². The molecule has 10 heteroatoms. The number of hydrogen-bond acceptors (Lipinski definition) is 7. The third-order valence-electron chi connectivity index (χ3n) is 5.05. The maximum Gasteiger partial charge on any atom is 0.288 e. The van der Waals surface area contributed by atoms with Gasteiger partial charge in [-0.05, 0) is 24.6 Å². The van der Waals surface area contributed by atoms with Crippen molar-refractivity contribution in [3.8, 4) is 5.75 Å². The van der Waals surface area contributed by atoms with Gasteiger partial charge in [-0.1, -0.05) is 24.6 Å². The summed E-state index contributed by atoms with van der Waals surface area (Å²) in [7, 11) is 0. The summed E-state index contributed by atoms with van der Waals surface area (Å²) in [5.41, 5.74) is 0.533. The molecule has 0 fully saturated rings. The van der Waals surface area contributed by atoms with Crippen molar-refractivity contribution >= 4 is 23.4 Å². The SMILES string of the molecule is C=CC(C[C@H](O)CNC(=O)c1cnc(CC)o1)NC(=O)[C@H]1C[C@@H](O)c2cc(Cl)ccc2O1. The molecule has 0 spiro atoms. The van der Waals surface area contributed by atoms with E-state index in [9.17, 15) is 19.8 Å². The van der Waals surface area contributed by atoms with Crippen molar-refractivity contribution in [2.45, 2.75) is 50.5 Å². The van der Waals surface area contributed by atoms with Gasteiger partial charge < -0.3 is 30.0 Å². The molecule has 2 heterocycles. The van der Waals surface area contributed by atoms with E-state index in [4.69, 9.17) is 20.8 Å². The molecular weight excluding hydrogens is 438 g/mol. The number of fused-ring (bicyclic) bond motifs is 1. The number of aliphatic hydroxyl groups is 2. The van der Waals surface area contributed by atoms with Crippen LogP contribution < -0.4 is 15.4 Å². The number of nitrogens with zero attached hydrogens (tertiary/aromatic N) is 1. The Morgan fingerprint density at radius 2 is 2.22 bits per heavy atom. The number of benzene rings is 1. The van der Waals surface area contributed by atoms with Crippen LogP contribution in [0.4, 0.5) is 0 Å².